The van der Waals surface area contributed by atoms with Crippen molar-refractivity contribution in [2.75, 3.05) is 0 Å². The molecule has 6 heteroatoms. The normalized spacial score (nSPS) is 15.2. The van der Waals surface area contributed by atoms with E-state index in [2.05, 4.69) is 139 Å². The van der Waals surface area contributed by atoms with E-state index < -0.39 is 0 Å². The third kappa shape index (κ3) is 1.81. The Morgan fingerprint density at radius 2 is 0.864 bits per heavy atom. The molecule has 0 fully saturated rings. The van der Waals surface area contributed by atoms with Crippen LogP contribution in [0.2, 0.25) is 0 Å². The molecule has 10 aromatic rings. The molecule has 44 heavy (non-hydrogen) atoms. The Balaban J connectivity index is 1.45. The average molecular weight is 563 g/mol. The monoisotopic (exact) mass is 562 g/mol. The average Bonchev–Trinajstić information content (AvgIpc) is 3.79. The Kier molecular flexibility index (Phi) is 3.00. The van der Waals surface area contributed by atoms with Crippen LogP contribution in [0.1, 0.15) is 0 Å². The van der Waals surface area contributed by atoms with E-state index in [9.17, 15) is 0 Å². The second-order valence-electron chi connectivity index (χ2n) is 12.3. The van der Waals surface area contributed by atoms with Crippen LogP contribution < -0.4 is 18.8 Å². The minimum Gasteiger partial charge on any atom is -0.444 e. The molecule has 0 bridgehead atoms. The first-order chi connectivity index (χ1) is 21.9. The molecule has 0 atom stereocenters. The highest BCUT2D eigenvalue weighted by molar-refractivity contribution is 6.23. The molecule has 0 saturated heterocycles. The molecule has 6 nitrogen and oxygen atoms in total. The van der Waals surface area contributed by atoms with Crippen LogP contribution in [0.15, 0.2) is 121 Å². The number of quaternary nitrogens is 1. The number of hydrogen-bond donors (Lipinski definition) is 0. The Labute approximate surface area is 248 Å². The van der Waals surface area contributed by atoms with E-state index in [1.807, 2.05) is 0 Å². The minimum atomic E-state index is 0.394. The summed E-state index contributed by atoms with van der Waals surface area (Å²) in [6.07, 6.45) is 0. The maximum Gasteiger partial charge on any atom is 0.358 e. The van der Waals surface area contributed by atoms with Crippen molar-refractivity contribution in [3.05, 3.63) is 121 Å². The van der Waals surface area contributed by atoms with Crippen LogP contribution in [0.4, 0.5) is 11.4 Å². The van der Waals surface area contributed by atoms with Gasteiger partial charge >= 0.3 is 11.3 Å². The van der Waals surface area contributed by atoms with E-state index in [4.69, 9.17) is 4.74 Å². The number of aromatic nitrogens is 4. The first kappa shape index (κ1) is 20.8. The summed E-state index contributed by atoms with van der Waals surface area (Å²) in [5.74, 6) is 1.81. The SMILES string of the molecule is c1ccc2c(c1)c1ccc3c4c1c1n2c2ccccc2[n+]1[N+]41c2c(ccc4c5ccccc5n5c6ccccc6[n+]1c5c24)O3. The molecule has 0 N–H and O–H groups in total. The highest BCUT2D eigenvalue weighted by atomic mass is 16.5. The predicted octanol–water partition coefficient (Wildman–Crippen LogP) is 7.98. The lowest BCUT2D eigenvalue weighted by molar-refractivity contribution is -0.995. The summed E-state index contributed by atoms with van der Waals surface area (Å²) in [6.45, 7) is 0. The number of nitrogens with zero attached hydrogens (tertiary/aromatic N) is 5. The molecule has 3 aliphatic heterocycles. The van der Waals surface area contributed by atoms with Crippen LogP contribution >= 0.6 is 0 Å². The first-order valence-electron chi connectivity index (χ1n) is 15.1. The van der Waals surface area contributed by atoms with Crippen molar-refractivity contribution in [3.63, 3.8) is 0 Å². The fourth-order valence-electron chi connectivity index (χ4n) is 9.16. The highest BCUT2D eigenvalue weighted by Gasteiger charge is 2.69. The quantitative estimate of drug-likeness (QED) is 0.105. The topological polar surface area (TPSA) is 25.8 Å². The summed E-state index contributed by atoms with van der Waals surface area (Å²) < 4.78 is 17.5. The van der Waals surface area contributed by atoms with Crippen molar-refractivity contribution in [2.45, 2.75) is 0 Å². The molecule has 200 valence electrons. The van der Waals surface area contributed by atoms with E-state index in [0.717, 1.165) is 11.5 Å². The second-order valence-corrected chi connectivity index (χ2v) is 12.3. The Morgan fingerprint density at radius 1 is 0.432 bits per heavy atom. The number of ether oxygens (including phenoxy) is 1. The van der Waals surface area contributed by atoms with Gasteiger partial charge in [0.2, 0.25) is 11.0 Å². The third-order valence-corrected chi connectivity index (χ3v) is 10.5. The largest absolute Gasteiger partial charge is 0.444 e. The minimum absolute atomic E-state index is 0.394. The molecule has 1 spiro atoms. The lowest BCUT2D eigenvalue weighted by Gasteiger charge is -2.28. The van der Waals surface area contributed by atoms with Gasteiger partial charge in [-0.1, -0.05) is 60.7 Å². The van der Waals surface area contributed by atoms with Crippen LogP contribution in [0.5, 0.6) is 11.5 Å². The van der Waals surface area contributed by atoms with Crippen LogP contribution in [0.3, 0.4) is 0 Å². The zero-order valence-electron chi connectivity index (χ0n) is 23.2. The van der Waals surface area contributed by atoms with Crippen LogP contribution in [0, 0.1) is 0 Å². The van der Waals surface area contributed by atoms with Crippen molar-refractivity contribution in [2.24, 2.45) is 0 Å². The standard InChI is InChI=1S/C38H20N5O/c1-3-11-25-21(9-1)23-17-19-31-35-33(23)37-39(25)27-13-5-7-15-29(27)41(37)43(35)36-32(44-31)20-18-24-22-10-2-4-12-26(22)40-28-14-6-8-16-30(28)42(43)38(40)34(24)36/h1-20H/q+3. The highest BCUT2D eigenvalue weighted by Crippen LogP contribution is 2.61. The Bertz CT molecular complexity index is 2880. The third-order valence-electron chi connectivity index (χ3n) is 10.5. The lowest BCUT2D eigenvalue weighted by atomic mass is 10.0. The number of benzene rings is 6. The molecular formula is C38H20N5O+3. The van der Waals surface area contributed by atoms with E-state index in [-0.39, 0.29) is 0 Å². The van der Waals surface area contributed by atoms with Gasteiger partial charge in [0, 0.05) is 30.9 Å². The summed E-state index contributed by atoms with van der Waals surface area (Å²) in [5, 5.41) is 7.48. The molecule has 6 aromatic carbocycles. The maximum atomic E-state index is 6.93. The number of para-hydroxylation sites is 6. The molecule has 0 aliphatic carbocycles. The number of hydrogen-bond acceptors (Lipinski definition) is 1. The predicted molar refractivity (Wildman–Crippen MR) is 173 cm³/mol. The van der Waals surface area contributed by atoms with Gasteiger partial charge in [0.25, 0.3) is 11.4 Å². The number of rotatable bonds is 0. The van der Waals surface area contributed by atoms with Crippen molar-refractivity contribution in [3.8, 4) is 11.5 Å². The molecule has 0 saturated carbocycles. The van der Waals surface area contributed by atoms with Gasteiger partial charge in [-0.15, -0.1) is 0 Å². The van der Waals surface area contributed by atoms with Gasteiger partial charge in [-0.3, -0.25) is 0 Å². The zero-order chi connectivity index (χ0) is 28.1. The lowest BCUT2D eigenvalue weighted by Crippen LogP contribution is -2.81. The fourth-order valence-corrected chi connectivity index (χ4v) is 9.16. The van der Waals surface area contributed by atoms with Gasteiger partial charge in [0.1, 0.15) is 11.0 Å². The van der Waals surface area contributed by atoms with Crippen LogP contribution in [-0.2, 0) is 0 Å². The zero-order valence-corrected chi connectivity index (χ0v) is 23.2. The van der Waals surface area contributed by atoms with E-state index in [1.54, 1.807) is 0 Å². The van der Waals surface area contributed by atoms with Gasteiger partial charge in [0.05, 0.1) is 4.70 Å². The molecule has 0 amide bonds. The molecule has 3 aliphatic rings. The summed E-state index contributed by atoms with van der Waals surface area (Å²) in [4.78, 5) is 0. The molecule has 7 heterocycles. The van der Waals surface area contributed by atoms with Gasteiger partial charge < -0.3 is 4.74 Å². The summed E-state index contributed by atoms with van der Waals surface area (Å²) in [7, 11) is 0. The molecule has 0 radical (unpaired) electrons. The van der Waals surface area contributed by atoms with Gasteiger partial charge in [-0.2, -0.15) is 8.80 Å². The summed E-state index contributed by atoms with van der Waals surface area (Å²) in [5.41, 5.74) is 11.9. The molecule has 4 aromatic heterocycles. The van der Waals surface area contributed by atoms with Crippen molar-refractivity contribution >= 4 is 88.1 Å². The smallest absolute Gasteiger partial charge is 0.358 e. The number of imidazole rings is 2. The number of pyridine rings is 2. The first-order valence-corrected chi connectivity index (χ1v) is 15.1. The van der Waals surface area contributed by atoms with E-state index in [1.165, 1.54) is 88.1 Å². The molecule has 0 unspecified atom stereocenters. The Hall–Kier alpha value is -5.98. The maximum absolute atomic E-state index is 6.93. The van der Waals surface area contributed by atoms with Crippen molar-refractivity contribution in [1.29, 1.82) is 0 Å². The molecular weight excluding hydrogens is 542 g/mol. The van der Waals surface area contributed by atoms with Gasteiger partial charge in [-0.25, -0.2) is 0 Å². The summed E-state index contributed by atoms with van der Waals surface area (Å²) in [6, 6.07) is 44.3. The van der Waals surface area contributed by atoms with E-state index >= 15 is 0 Å². The fraction of sp³-hybridized carbons (Fsp3) is 0. The van der Waals surface area contributed by atoms with Crippen molar-refractivity contribution in [1.82, 2.24) is 13.5 Å². The summed E-state index contributed by atoms with van der Waals surface area (Å²) >= 11 is 0. The van der Waals surface area contributed by atoms with Gasteiger partial charge in [0.15, 0.2) is 33.3 Å². The van der Waals surface area contributed by atoms with Gasteiger partial charge in [-0.05, 0) is 60.7 Å². The number of fused-ring (bicyclic) bond motifs is 12. The van der Waals surface area contributed by atoms with Crippen molar-refractivity contribution < 1.29 is 14.1 Å². The van der Waals surface area contributed by atoms with Crippen LogP contribution in [-0.4, -0.2) is 8.80 Å². The van der Waals surface area contributed by atoms with Crippen LogP contribution in [0.25, 0.3) is 76.7 Å². The van der Waals surface area contributed by atoms with E-state index in [0.29, 0.717) is 4.70 Å². The second kappa shape index (κ2) is 6.34. The molecule has 13 rings (SSSR count). The Morgan fingerprint density at radius 3 is 1.36 bits per heavy atom.